The van der Waals surface area contributed by atoms with Gasteiger partial charge in [0.05, 0.1) is 17.6 Å². The number of imidazole rings is 1. The summed E-state index contributed by atoms with van der Waals surface area (Å²) in [6.07, 6.45) is 1.39. The van der Waals surface area contributed by atoms with E-state index in [2.05, 4.69) is 0 Å². The lowest BCUT2D eigenvalue weighted by atomic mass is 10.1. The normalized spacial score (nSPS) is 11.7. The first kappa shape index (κ1) is 27.0. The molecule has 1 N–H and O–H groups in total. The van der Waals surface area contributed by atoms with Crippen LogP contribution in [0.2, 0.25) is 5.02 Å². The first-order chi connectivity index (χ1) is 17.8. The van der Waals surface area contributed by atoms with Gasteiger partial charge in [-0.3, -0.25) is 14.4 Å². The van der Waals surface area contributed by atoms with E-state index in [0.29, 0.717) is 11.6 Å². The van der Waals surface area contributed by atoms with Crippen LogP contribution in [0.15, 0.2) is 58.3 Å². The molecule has 0 saturated carbocycles. The highest BCUT2D eigenvalue weighted by molar-refractivity contribution is 6.31. The van der Waals surface area contributed by atoms with Gasteiger partial charge in [-0.25, -0.2) is 22.7 Å². The quantitative estimate of drug-likeness (QED) is 0.396. The van der Waals surface area contributed by atoms with Gasteiger partial charge in [-0.15, -0.1) is 0 Å². The molecule has 0 aliphatic carbocycles. The van der Waals surface area contributed by atoms with E-state index in [4.69, 9.17) is 16.3 Å². The number of benzene rings is 2. The predicted molar refractivity (Wildman–Crippen MR) is 135 cm³/mol. The zero-order valence-electron chi connectivity index (χ0n) is 20.5. The van der Waals surface area contributed by atoms with Gasteiger partial charge in [0.15, 0.2) is 0 Å². The van der Waals surface area contributed by atoms with Crippen LogP contribution in [0.25, 0.3) is 11.0 Å². The van der Waals surface area contributed by atoms with Crippen molar-refractivity contribution in [3.8, 4) is 5.75 Å². The summed E-state index contributed by atoms with van der Waals surface area (Å²) >= 11 is 6.20. The van der Waals surface area contributed by atoms with E-state index in [1.54, 1.807) is 6.07 Å². The van der Waals surface area contributed by atoms with Crippen molar-refractivity contribution in [2.75, 3.05) is 0 Å². The van der Waals surface area contributed by atoms with E-state index in [1.165, 1.54) is 55.8 Å². The van der Waals surface area contributed by atoms with Crippen molar-refractivity contribution in [2.45, 2.75) is 39.5 Å². The Morgan fingerprint density at radius 1 is 1.03 bits per heavy atom. The van der Waals surface area contributed by atoms with Crippen molar-refractivity contribution in [2.24, 2.45) is 0 Å². The number of fused-ring (bicyclic) bond motifs is 1. The Morgan fingerprint density at radius 3 is 2.37 bits per heavy atom. The van der Waals surface area contributed by atoms with E-state index in [9.17, 15) is 33.1 Å². The lowest BCUT2D eigenvalue weighted by Gasteiger charge is -2.15. The van der Waals surface area contributed by atoms with Crippen molar-refractivity contribution in [3.63, 3.8) is 0 Å². The third-order valence-corrected chi connectivity index (χ3v) is 6.12. The number of rotatable bonds is 6. The van der Waals surface area contributed by atoms with Crippen LogP contribution in [-0.2, 0) is 13.2 Å². The molecule has 0 radical (unpaired) electrons. The van der Waals surface area contributed by atoms with Crippen molar-refractivity contribution < 1.29 is 28.2 Å². The Balaban J connectivity index is 1.67. The Hall–Kier alpha value is -4.09. The summed E-state index contributed by atoms with van der Waals surface area (Å²) in [6.45, 7) is 3.29. The summed E-state index contributed by atoms with van der Waals surface area (Å²) < 4.78 is 35.2. The number of carbonyl (C=O) groups excluding carboxylic acids is 2. The third-order valence-electron chi connectivity index (χ3n) is 5.77. The Morgan fingerprint density at radius 2 is 1.74 bits per heavy atom. The summed E-state index contributed by atoms with van der Waals surface area (Å²) in [5.41, 5.74) is -2.65. The molecular weight excluding hydrogens is 524 g/mol. The van der Waals surface area contributed by atoms with Crippen molar-refractivity contribution in [1.82, 2.24) is 13.7 Å². The number of hydrogen-bond acceptors (Lipinski definition) is 6. The second-order valence-corrected chi connectivity index (χ2v) is 9.49. The Kier molecular flexibility index (Phi) is 7.09. The molecule has 0 atom stereocenters. The fourth-order valence-electron chi connectivity index (χ4n) is 3.87. The van der Waals surface area contributed by atoms with Crippen LogP contribution in [0.1, 0.15) is 41.5 Å². The van der Waals surface area contributed by atoms with Crippen molar-refractivity contribution in [1.29, 1.82) is 0 Å². The molecule has 9 nitrogen and oxygen atoms in total. The SMILES string of the molecule is CC(=O)n1c(=O)n(C(=O)C(C)(C)O)c2cc(Cn3ccc(OCc4ccc(F)cc4F)c(Cl)c3=O)ccc21. The molecule has 0 aliphatic rings. The van der Waals surface area contributed by atoms with Gasteiger partial charge in [-0.05, 0) is 49.7 Å². The van der Waals surface area contributed by atoms with Gasteiger partial charge in [0.1, 0.15) is 34.6 Å². The molecule has 38 heavy (non-hydrogen) atoms. The van der Waals surface area contributed by atoms with E-state index < -0.39 is 40.3 Å². The lowest BCUT2D eigenvalue weighted by molar-refractivity contribution is 0.0392. The lowest BCUT2D eigenvalue weighted by Crippen LogP contribution is -2.42. The highest BCUT2D eigenvalue weighted by atomic mass is 35.5. The summed E-state index contributed by atoms with van der Waals surface area (Å²) in [4.78, 5) is 50.6. The third kappa shape index (κ3) is 5.02. The fraction of sp³-hybridized carbons (Fsp3) is 0.231. The zero-order chi connectivity index (χ0) is 27.9. The smallest absolute Gasteiger partial charge is 0.342 e. The van der Waals surface area contributed by atoms with E-state index in [1.807, 2.05) is 0 Å². The molecule has 0 fully saturated rings. The highest BCUT2D eigenvalue weighted by Gasteiger charge is 2.31. The van der Waals surface area contributed by atoms with Crippen LogP contribution in [0.3, 0.4) is 0 Å². The molecule has 2 heterocycles. The van der Waals surface area contributed by atoms with Crippen molar-refractivity contribution in [3.05, 3.63) is 97.3 Å². The van der Waals surface area contributed by atoms with Gasteiger partial charge >= 0.3 is 5.69 Å². The van der Waals surface area contributed by atoms with E-state index in [-0.39, 0.29) is 40.5 Å². The Labute approximate surface area is 219 Å². The number of hydrogen-bond donors (Lipinski definition) is 1. The topological polar surface area (TPSA) is 113 Å². The molecule has 0 unspecified atom stereocenters. The molecule has 0 bridgehead atoms. The number of ether oxygens (including phenoxy) is 1. The molecule has 4 aromatic rings. The Bertz CT molecular complexity index is 1720. The van der Waals surface area contributed by atoms with E-state index in [0.717, 1.165) is 15.2 Å². The molecule has 2 aromatic heterocycles. The standard InChI is InChI=1S/C26H22ClF2N3O6/c1-14(33)31-19-7-4-15(10-20(19)32(25(31)36)24(35)26(2,3)37)12-30-9-8-21(22(27)23(30)34)38-13-16-5-6-17(28)11-18(16)29/h4-11,37H,12-13H2,1-3H3. The van der Waals surface area contributed by atoms with Crippen LogP contribution in [0.5, 0.6) is 5.75 Å². The number of halogens is 3. The van der Waals surface area contributed by atoms with Gasteiger partial charge in [-0.1, -0.05) is 17.7 Å². The predicted octanol–water partition coefficient (Wildman–Crippen LogP) is 3.59. The number of pyridine rings is 1. The van der Waals surface area contributed by atoms with Crippen LogP contribution in [0.4, 0.5) is 8.78 Å². The molecule has 0 saturated heterocycles. The van der Waals surface area contributed by atoms with Gasteiger partial charge in [0.25, 0.3) is 11.5 Å². The van der Waals surface area contributed by atoms with Gasteiger partial charge in [0.2, 0.25) is 5.91 Å². The average molecular weight is 546 g/mol. The average Bonchev–Trinajstić information content (AvgIpc) is 3.12. The molecular formula is C26H22ClF2N3O6. The van der Waals surface area contributed by atoms with Crippen LogP contribution in [-0.4, -0.2) is 36.2 Å². The number of aliphatic hydroxyl groups is 1. The van der Waals surface area contributed by atoms with Crippen molar-refractivity contribution >= 4 is 34.4 Å². The second kappa shape index (κ2) is 9.99. The largest absolute Gasteiger partial charge is 0.487 e. The first-order valence-electron chi connectivity index (χ1n) is 11.3. The molecule has 2 aromatic carbocycles. The number of aromatic nitrogens is 3. The maximum Gasteiger partial charge on any atom is 0.342 e. The van der Waals surface area contributed by atoms with Crippen LogP contribution >= 0.6 is 11.6 Å². The number of carbonyl (C=O) groups is 2. The summed E-state index contributed by atoms with van der Waals surface area (Å²) in [6, 6.07) is 8.92. The molecule has 198 valence electrons. The minimum atomic E-state index is -1.90. The second-order valence-electron chi connectivity index (χ2n) is 9.11. The molecule has 0 amide bonds. The molecule has 0 aliphatic heterocycles. The number of nitrogens with zero attached hydrogens (tertiary/aromatic N) is 3. The van der Waals surface area contributed by atoms with Crippen LogP contribution < -0.4 is 16.0 Å². The maximum atomic E-state index is 13.9. The van der Waals surface area contributed by atoms with Gasteiger partial charge in [-0.2, -0.15) is 0 Å². The summed E-state index contributed by atoms with van der Waals surface area (Å²) in [7, 11) is 0. The minimum Gasteiger partial charge on any atom is -0.487 e. The first-order valence-corrected chi connectivity index (χ1v) is 11.7. The summed E-state index contributed by atoms with van der Waals surface area (Å²) in [5.74, 6) is -3.08. The fourth-order valence-corrected chi connectivity index (χ4v) is 4.10. The minimum absolute atomic E-state index is 0.00441. The summed E-state index contributed by atoms with van der Waals surface area (Å²) in [5, 5.41) is 9.93. The molecule has 12 heteroatoms. The van der Waals surface area contributed by atoms with Gasteiger partial charge in [0, 0.05) is 24.8 Å². The van der Waals surface area contributed by atoms with Crippen LogP contribution in [0, 0.1) is 11.6 Å². The zero-order valence-corrected chi connectivity index (χ0v) is 21.3. The van der Waals surface area contributed by atoms with Gasteiger partial charge < -0.3 is 14.4 Å². The highest BCUT2D eigenvalue weighted by Crippen LogP contribution is 2.23. The monoisotopic (exact) mass is 545 g/mol. The molecule has 0 spiro atoms. The maximum absolute atomic E-state index is 13.9. The van der Waals surface area contributed by atoms with E-state index >= 15 is 0 Å². The molecule has 4 rings (SSSR count).